The number of benzene rings is 2. The van der Waals surface area contributed by atoms with Gasteiger partial charge in [-0.15, -0.1) is 0 Å². The fraction of sp³-hybridized carbons (Fsp3) is 0.300. The summed E-state index contributed by atoms with van der Waals surface area (Å²) in [7, 11) is 0. The van der Waals surface area contributed by atoms with Gasteiger partial charge in [0.1, 0.15) is 0 Å². The van der Waals surface area contributed by atoms with Crippen molar-refractivity contribution in [3.05, 3.63) is 65.7 Å². The van der Waals surface area contributed by atoms with Crippen LogP contribution in [-0.2, 0) is 11.2 Å². The molecule has 5 nitrogen and oxygen atoms in total. The quantitative estimate of drug-likeness (QED) is 0.881. The smallest absolute Gasteiger partial charge is 0.315 e. The van der Waals surface area contributed by atoms with Gasteiger partial charge < -0.3 is 15.5 Å². The molecule has 3 rings (SSSR count). The molecule has 0 saturated carbocycles. The second-order valence-electron chi connectivity index (χ2n) is 6.38. The highest BCUT2D eigenvalue weighted by molar-refractivity contribution is 5.96. The van der Waals surface area contributed by atoms with Crippen molar-refractivity contribution in [2.24, 2.45) is 0 Å². The van der Waals surface area contributed by atoms with Crippen molar-refractivity contribution < 1.29 is 9.59 Å². The maximum atomic E-state index is 12.2. The van der Waals surface area contributed by atoms with Gasteiger partial charge >= 0.3 is 6.03 Å². The average Bonchev–Trinajstić information content (AvgIpc) is 2.96. The van der Waals surface area contributed by atoms with Crippen LogP contribution in [-0.4, -0.2) is 31.1 Å². The summed E-state index contributed by atoms with van der Waals surface area (Å²) in [6, 6.07) is 17.5. The molecule has 1 fully saturated rings. The molecular formula is C20H23N3O2. The predicted octanol–water partition coefficient (Wildman–Crippen LogP) is 2.64. The molecule has 5 heteroatoms. The van der Waals surface area contributed by atoms with E-state index in [-0.39, 0.29) is 18.0 Å². The first-order valence-corrected chi connectivity index (χ1v) is 8.57. The summed E-state index contributed by atoms with van der Waals surface area (Å²) in [5.74, 6) is 0.0402. The molecule has 2 aromatic carbocycles. The van der Waals surface area contributed by atoms with Crippen LogP contribution in [0.2, 0.25) is 0 Å². The van der Waals surface area contributed by atoms with Gasteiger partial charge in [-0.3, -0.25) is 4.79 Å². The second-order valence-corrected chi connectivity index (χ2v) is 6.38. The minimum Gasteiger partial charge on any atom is -0.338 e. The Morgan fingerprint density at radius 2 is 1.84 bits per heavy atom. The molecule has 3 amide bonds. The highest BCUT2D eigenvalue weighted by atomic mass is 16.2. The first kappa shape index (κ1) is 17.0. The summed E-state index contributed by atoms with van der Waals surface area (Å²) in [4.78, 5) is 26.0. The Hall–Kier alpha value is -2.82. The van der Waals surface area contributed by atoms with Crippen LogP contribution in [0.3, 0.4) is 0 Å². The lowest BCUT2D eigenvalue weighted by Gasteiger charge is -2.17. The number of nitrogens with one attached hydrogen (secondary N) is 2. The lowest BCUT2D eigenvalue weighted by atomic mass is 10.1. The molecule has 25 heavy (non-hydrogen) atoms. The number of amides is 3. The summed E-state index contributed by atoms with van der Waals surface area (Å²) in [6.07, 6.45) is 1.12. The number of aryl methyl sites for hydroxylation is 1. The van der Waals surface area contributed by atoms with Crippen molar-refractivity contribution >= 4 is 17.6 Å². The summed E-state index contributed by atoms with van der Waals surface area (Å²) >= 11 is 0. The van der Waals surface area contributed by atoms with Crippen LogP contribution in [0.4, 0.5) is 10.5 Å². The molecule has 1 saturated heterocycles. The Balaban J connectivity index is 1.46. The van der Waals surface area contributed by atoms with E-state index in [2.05, 4.69) is 10.6 Å². The molecule has 130 valence electrons. The summed E-state index contributed by atoms with van der Waals surface area (Å²) < 4.78 is 0. The lowest BCUT2D eigenvalue weighted by Crippen LogP contribution is -2.43. The standard InChI is InChI=1S/C20H23N3O2/c1-15-7-9-18(10-8-15)23-14-17(13-19(23)24)22-20(25)21-12-11-16-5-3-2-4-6-16/h2-10,17H,11-14H2,1H3,(H2,21,22,25). The normalized spacial score (nSPS) is 16.8. The van der Waals surface area contributed by atoms with E-state index in [4.69, 9.17) is 0 Å². The molecule has 2 N–H and O–H groups in total. The Morgan fingerprint density at radius 3 is 2.56 bits per heavy atom. The molecule has 0 radical (unpaired) electrons. The Kier molecular flexibility index (Phi) is 5.33. The number of hydrogen-bond donors (Lipinski definition) is 2. The molecule has 0 aliphatic carbocycles. The zero-order chi connectivity index (χ0) is 17.6. The van der Waals surface area contributed by atoms with Crippen molar-refractivity contribution in [3.8, 4) is 0 Å². The predicted molar refractivity (Wildman–Crippen MR) is 98.6 cm³/mol. The van der Waals surface area contributed by atoms with Crippen LogP contribution in [0.1, 0.15) is 17.5 Å². The van der Waals surface area contributed by atoms with E-state index in [0.717, 1.165) is 17.7 Å². The number of anilines is 1. The fourth-order valence-electron chi connectivity index (χ4n) is 2.98. The first-order chi connectivity index (χ1) is 12.1. The maximum absolute atomic E-state index is 12.2. The fourth-order valence-corrected chi connectivity index (χ4v) is 2.98. The zero-order valence-electron chi connectivity index (χ0n) is 14.4. The van der Waals surface area contributed by atoms with Crippen molar-refractivity contribution in [2.75, 3.05) is 18.0 Å². The highest BCUT2D eigenvalue weighted by Crippen LogP contribution is 2.21. The topological polar surface area (TPSA) is 61.4 Å². The third-order valence-corrected chi connectivity index (χ3v) is 4.35. The molecule has 0 aromatic heterocycles. The van der Waals surface area contributed by atoms with Crippen molar-refractivity contribution in [1.82, 2.24) is 10.6 Å². The van der Waals surface area contributed by atoms with Crippen LogP contribution >= 0.6 is 0 Å². The minimum atomic E-state index is -0.223. The van der Waals surface area contributed by atoms with E-state index >= 15 is 0 Å². The van der Waals surface area contributed by atoms with Gasteiger partial charge in [-0.2, -0.15) is 0 Å². The second kappa shape index (κ2) is 7.83. The van der Waals surface area contributed by atoms with Gasteiger partial charge in [0.2, 0.25) is 5.91 Å². The van der Waals surface area contributed by atoms with Crippen LogP contribution < -0.4 is 15.5 Å². The number of urea groups is 1. The molecule has 1 aliphatic rings. The largest absolute Gasteiger partial charge is 0.338 e. The third-order valence-electron chi connectivity index (χ3n) is 4.35. The summed E-state index contributed by atoms with van der Waals surface area (Å²) in [6.45, 7) is 3.09. The van der Waals surface area contributed by atoms with E-state index < -0.39 is 0 Å². The van der Waals surface area contributed by atoms with Gasteiger partial charge in [0.25, 0.3) is 0 Å². The van der Waals surface area contributed by atoms with Gasteiger partial charge in [-0.1, -0.05) is 48.0 Å². The first-order valence-electron chi connectivity index (χ1n) is 8.57. The van der Waals surface area contributed by atoms with E-state index in [0.29, 0.717) is 19.5 Å². The lowest BCUT2D eigenvalue weighted by molar-refractivity contribution is -0.117. The molecule has 1 heterocycles. The monoisotopic (exact) mass is 337 g/mol. The van der Waals surface area contributed by atoms with Gasteiger partial charge in [0.15, 0.2) is 0 Å². The third kappa shape index (κ3) is 4.59. The Morgan fingerprint density at radius 1 is 1.12 bits per heavy atom. The highest BCUT2D eigenvalue weighted by Gasteiger charge is 2.31. The minimum absolute atomic E-state index is 0.0402. The maximum Gasteiger partial charge on any atom is 0.315 e. The zero-order valence-corrected chi connectivity index (χ0v) is 14.4. The average molecular weight is 337 g/mol. The van der Waals surface area contributed by atoms with Crippen LogP contribution in [0.5, 0.6) is 0 Å². The molecular weight excluding hydrogens is 314 g/mol. The van der Waals surface area contributed by atoms with Crippen molar-refractivity contribution in [3.63, 3.8) is 0 Å². The van der Waals surface area contributed by atoms with Gasteiger partial charge in [0.05, 0.1) is 6.04 Å². The number of carbonyl (C=O) groups excluding carboxylic acids is 2. The van der Waals surface area contributed by atoms with E-state index in [1.807, 2.05) is 61.5 Å². The van der Waals surface area contributed by atoms with E-state index in [1.54, 1.807) is 4.90 Å². The number of hydrogen-bond acceptors (Lipinski definition) is 2. The van der Waals surface area contributed by atoms with E-state index in [1.165, 1.54) is 5.56 Å². The number of nitrogens with zero attached hydrogens (tertiary/aromatic N) is 1. The number of carbonyl (C=O) groups is 2. The summed E-state index contributed by atoms with van der Waals surface area (Å²) in [5, 5.41) is 5.75. The molecule has 1 atom stereocenters. The van der Waals surface area contributed by atoms with Crippen molar-refractivity contribution in [2.45, 2.75) is 25.8 Å². The van der Waals surface area contributed by atoms with Crippen molar-refractivity contribution in [1.29, 1.82) is 0 Å². The van der Waals surface area contributed by atoms with Crippen LogP contribution in [0.25, 0.3) is 0 Å². The van der Waals surface area contributed by atoms with E-state index in [9.17, 15) is 9.59 Å². The van der Waals surface area contributed by atoms with Gasteiger partial charge in [0, 0.05) is 25.2 Å². The molecule has 1 aliphatic heterocycles. The molecule has 2 aromatic rings. The van der Waals surface area contributed by atoms with Gasteiger partial charge in [-0.25, -0.2) is 4.79 Å². The van der Waals surface area contributed by atoms with Crippen LogP contribution in [0.15, 0.2) is 54.6 Å². The van der Waals surface area contributed by atoms with Gasteiger partial charge in [-0.05, 0) is 31.0 Å². The summed E-state index contributed by atoms with van der Waals surface area (Å²) in [5.41, 5.74) is 3.22. The molecule has 0 bridgehead atoms. The van der Waals surface area contributed by atoms with Crippen LogP contribution in [0, 0.1) is 6.92 Å². The SMILES string of the molecule is Cc1ccc(N2CC(NC(=O)NCCc3ccccc3)CC2=O)cc1. The molecule has 0 spiro atoms. The Labute approximate surface area is 148 Å². The Bertz CT molecular complexity index is 728. The number of rotatable bonds is 5. The molecule has 1 unspecified atom stereocenters.